The Bertz CT molecular complexity index is 1120. The van der Waals surface area contributed by atoms with Crippen LogP contribution in [-0.4, -0.2) is 42.9 Å². The number of benzene rings is 2. The maximum absolute atomic E-state index is 12.0. The lowest BCUT2D eigenvalue weighted by atomic mass is 9.80. The van der Waals surface area contributed by atoms with Crippen LogP contribution in [0.15, 0.2) is 47.4 Å². The number of aromatic nitrogens is 3. The van der Waals surface area contributed by atoms with Gasteiger partial charge in [0, 0.05) is 24.6 Å². The van der Waals surface area contributed by atoms with Gasteiger partial charge in [-0.2, -0.15) is 4.98 Å². The van der Waals surface area contributed by atoms with E-state index >= 15 is 0 Å². The van der Waals surface area contributed by atoms with Crippen molar-refractivity contribution in [3.8, 4) is 0 Å². The Labute approximate surface area is 190 Å². The number of rotatable bonds is 7. The van der Waals surface area contributed by atoms with Gasteiger partial charge < -0.3 is 24.8 Å². The maximum atomic E-state index is 12.0. The quantitative estimate of drug-likeness (QED) is 0.302. The van der Waals surface area contributed by atoms with Gasteiger partial charge in [-0.1, -0.05) is 37.3 Å². The number of nitrogens with one attached hydrogen (secondary N) is 1. The Morgan fingerprint density at radius 2 is 2.03 bits per heavy atom. The van der Waals surface area contributed by atoms with Gasteiger partial charge in [0.1, 0.15) is 5.69 Å². The van der Waals surface area contributed by atoms with Crippen molar-refractivity contribution >= 4 is 41.4 Å². The molecule has 2 atom stereocenters. The van der Waals surface area contributed by atoms with Crippen LogP contribution in [0, 0.1) is 0 Å². The number of nitrogens with zero attached hydrogens (tertiary/aromatic N) is 4. The highest BCUT2D eigenvalue weighted by Crippen LogP contribution is 2.39. The molecule has 2 heterocycles. The van der Waals surface area contributed by atoms with Gasteiger partial charge in [0.25, 0.3) is 5.95 Å². The van der Waals surface area contributed by atoms with Gasteiger partial charge in [-0.25, -0.2) is 0 Å². The molecule has 32 heavy (non-hydrogen) atoms. The Hall–Kier alpha value is -2.70. The first kappa shape index (κ1) is 22.5. The molecule has 0 fully saturated rings. The first-order valence-corrected chi connectivity index (χ1v) is 11.6. The zero-order valence-electron chi connectivity index (χ0n) is 17.9. The molecule has 4 rings (SSSR count). The fraction of sp³-hybridized carbons (Fsp3) is 0.286. The number of hydrogen-bond acceptors (Lipinski definition) is 9. The average Bonchev–Trinajstić information content (AvgIpc) is 3.13. The van der Waals surface area contributed by atoms with Gasteiger partial charge in [-0.05, 0) is 36.5 Å². The number of hydrogen-bond donors (Lipinski definition) is 4. The predicted octanol–water partition coefficient (Wildman–Crippen LogP) is 0.790. The van der Waals surface area contributed by atoms with Crippen LogP contribution in [0.25, 0.3) is 0 Å². The molecule has 1 aromatic heterocycles. The minimum atomic E-state index is -1.57. The minimum Gasteiger partial charge on any atom is -0.593 e. The first-order chi connectivity index (χ1) is 15.4. The van der Waals surface area contributed by atoms with Gasteiger partial charge in [-0.15, -0.1) is 15.3 Å². The summed E-state index contributed by atoms with van der Waals surface area (Å²) in [4.78, 5) is 7.37. The summed E-state index contributed by atoms with van der Waals surface area (Å²) < 4.78 is 12.0. The Morgan fingerprint density at radius 3 is 2.75 bits per heavy atom. The molecule has 2 aromatic carbocycles. The summed E-state index contributed by atoms with van der Waals surface area (Å²) in [5, 5.41) is 36.5. The van der Waals surface area contributed by atoms with Crippen molar-refractivity contribution in [2.45, 2.75) is 44.2 Å². The second-order valence-corrected chi connectivity index (χ2v) is 8.74. The molecule has 9 nitrogen and oxygen atoms in total. The van der Waals surface area contributed by atoms with E-state index in [0.29, 0.717) is 41.5 Å². The monoisotopic (exact) mass is 452 g/mol. The second-order valence-electron chi connectivity index (χ2n) is 7.71. The van der Waals surface area contributed by atoms with E-state index in [4.69, 9.17) is 10.1 Å². The maximum Gasteiger partial charge on any atom is 0.488 e. The molecule has 0 amide bonds. The van der Waals surface area contributed by atoms with Crippen LogP contribution in [0.2, 0.25) is 0 Å². The van der Waals surface area contributed by atoms with E-state index in [1.807, 2.05) is 30.0 Å². The normalized spacial score (nSPS) is 16.1. The first-order valence-electron chi connectivity index (χ1n) is 10.4. The summed E-state index contributed by atoms with van der Waals surface area (Å²) in [7, 11) is -1.52. The Morgan fingerprint density at radius 1 is 1.25 bits per heavy atom. The zero-order chi connectivity index (χ0) is 22.8. The van der Waals surface area contributed by atoms with Gasteiger partial charge >= 0.3 is 7.12 Å². The van der Waals surface area contributed by atoms with Crippen LogP contribution in [-0.2, 0) is 30.7 Å². The third kappa shape index (κ3) is 4.43. The van der Waals surface area contributed by atoms with E-state index in [1.54, 1.807) is 24.3 Å². The fourth-order valence-electron chi connectivity index (χ4n) is 3.97. The van der Waals surface area contributed by atoms with Crippen LogP contribution < -0.4 is 20.8 Å². The SMILES string of the molecule is CCc1nnc(N2c3cccc([S+](N)[O-])c3CC2C)nc1NCc1cccc(B(O)O)c1. The standard InChI is InChI=1S/C21H25BN6O3S/c1-3-17-20(24-12-14-6-4-7-15(11-14)22(29)30)25-21(27-26-17)28-13(2)10-16-18(28)8-5-9-19(16)32(23)31/h4-9,11,13,29-30H,3,10,12,23H2,1-2H3,(H,24,25,27). The number of fused-ring (bicyclic) bond motifs is 1. The average molecular weight is 452 g/mol. The van der Waals surface area contributed by atoms with Crippen LogP contribution in [0.5, 0.6) is 0 Å². The van der Waals surface area contributed by atoms with E-state index in [2.05, 4.69) is 22.4 Å². The summed E-state index contributed by atoms with van der Waals surface area (Å²) in [5.41, 5.74) is 3.87. The van der Waals surface area contributed by atoms with Crippen LogP contribution in [0.4, 0.5) is 17.5 Å². The van der Waals surface area contributed by atoms with E-state index in [-0.39, 0.29) is 6.04 Å². The lowest BCUT2D eigenvalue weighted by Gasteiger charge is -2.23. The molecule has 0 saturated carbocycles. The molecule has 0 saturated heterocycles. The molecule has 1 aliphatic heterocycles. The predicted molar refractivity (Wildman–Crippen MR) is 125 cm³/mol. The third-order valence-electron chi connectivity index (χ3n) is 5.53. The molecule has 0 spiro atoms. The lowest BCUT2D eigenvalue weighted by Crippen LogP contribution is -2.30. The van der Waals surface area contributed by atoms with Gasteiger partial charge in [0.15, 0.2) is 10.7 Å². The molecule has 0 radical (unpaired) electrons. The summed E-state index contributed by atoms with van der Waals surface area (Å²) in [6.45, 7) is 4.48. The Kier molecular flexibility index (Phi) is 6.63. The van der Waals surface area contributed by atoms with Gasteiger partial charge in [0.05, 0.1) is 17.0 Å². The molecule has 3 aromatic rings. The number of aryl methyl sites for hydroxylation is 1. The fourth-order valence-corrected chi connectivity index (χ4v) is 4.62. The minimum absolute atomic E-state index is 0.0551. The highest BCUT2D eigenvalue weighted by Gasteiger charge is 2.34. The van der Waals surface area contributed by atoms with Crippen molar-refractivity contribution in [1.82, 2.24) is 15.2 Å². The highest BCUT2D eigenvalue weighted by atomic mass is 32.2. The molecule has 1 aliphatic rings. The Balaban J connectivity index is 1.63. The van der Waals surface area contributed by atoms with Crippen LogP contribution in [0.3, 0.4) is 0 Å². The van der Waals surface area contributed by atoms with Gasteiger partial charge in [-0.3, -0.25) is 0 Å². The van der Waals surface area contributed by atoms with Crippen molar-refractivity contribution in [3.05, 3.63) is 59.3 Å². The molecule has 5 N–H and O–H groups in total. The number of anilines is 3. The van der Waals surface area contributed by atoms with E-state index in [1.165, 1.54) is 0 Å². The lowest BCUT2D eigenvalue weighted by molar-refractivity contribution is 0.425. The van der Waals surface area contributed by atoms with E-state index in [9.17, 15) is 14.6 Å². The smallest absolute Gasteiger partial charge is 0.488 e. The molecule has 2 unspecified atom stereocenters. The van der Waals surface area contributed by atoms with Crippen molar-refractivity contribution < 1.29 is 14.6 Å². The van der Waals surface area contributed by atoms with Gasteiger partial charge in [0.2, 0.25) is 0 Å². The largest absolute Gasteiger partial charge is 0.593 e. The summed E-state index contributed by atoms with van der Waals surface area (Å²) in [5.74, 6) is 1.07. The van der Waals surface area contributed by atoms with Crippen molar-refractivity contribution in [2.75, 3.05) is 10.2 Å². The van der Waals surface area contributed by atoms with E-state index < -0.39 is 18.5 Å². The summed E-state index contributed by atoms with van der Waals surface area (Å²) >= 11 is -1.57. The second kappa shape index (κ2) is 9.43. The molecule has 0 bridgehead atoms. The molecular formula is C21H25BN6O3S. The summed E-state index contributed by atoms with van der Waals surface area (Å²) in [6.07, 6.45) is 1.34. The van der Waals surface area contributed by atoms with Crippen LogP contribution >= 0.6 is 0 Å². The van der Waals surface area contributed by atoms with Crippen LogP contribution in [0.1, 0.15) is 30.7 Å². The molecule has 11 heteroatoms. The number of nitrogens with two attached hydrogens (primary N) is 1. The molecular weight excluding hydrogens is 427 g/mol. The van der Waals surface area contributed by atoms with Crippen molar-refractivity contribution in [1.29, 1.82) is 0 Å². The summed E-state index contributed by atoms with van der Waals surface area (Å²) in [6, 6.07) is 12.7. The molecule has 166 valence electrons. The highest BCUT2D eigenvalue weighted by molar-refractivity contribution is 7.89. The molecule has 0 aliphatic carbocycles. The topological polar surface area (TPSA) is 143 Å². The zero-order valence-corrected chi connectivity index (χ0v) is 18.7. The van der Waals surface area contributed by atoms with Crippen molar-refractivity contribution in [2.24, 2.45) is 5.14 Å². The van der Waals surface area contributed by atoms with Crippen molar-refractivity contribution in [3.63, 3.8) is 0 Å². The van der Waals surface area contributed by atoms with E-state index in [0.717, 1.165) is 22.5 Å². The third-order valence-corrected chi connectivity index (χ3v) is 6.35.